The third-order valence-electron chi connectivity index (χ3n) is 4.99. The maximum Gasteiger partial charge on any atom is 0.143 e. The zero-order valence-corrected chi connectivity index (χ0v) is 16.6. The Hall–Kier alpha value is -2.90. The van der Waals surface area contributed by atoms with Crippen LogP contribution in [-0.4, -0.2) is 38.4 Å². The third kappa shape index (κ3) is 3.23. The number of nitrogens with one attached hydrogen (secondary N) is 1. The number of pyridine rings is 3. The van der Waals surface area contributed by atoms with Crippen LogP contribution in [0, 0.1) is 6.92 Å². The summed E-state index contributed by atoms with van der Waals surface area (Å²) < 4.78 is 1.05. The number of hydrogen-bond acceptors (Lipinski definition) is 7. The summed E-state index contributed by atoms with van der Waals surface area (Å²) in [7, 11) is 2.13. The maximum absolute atomic E-state index is 4.78. The maximum atomic E-state index is 4.78. The predicted octanol–water partition coefficient (Wildman–Crippen LogP) is 4.19. The molecule has 0 saturated carbocycles. The molecule has 0 aliphatic carbocycles. The Morgan fingerprint density at radius 2 is 2.04 bits per heavy atom. The highest BCUT2D eigenvalue weighted by Gasteiger charge is 2.15. The minimum Gasteiger partial charge on any atom is -0.325 e. The number of thiazole rings is 1. The minimum atomic E-state index is 0.749. The van der Waals surface area contributed by atoms with Crippen LogP contribution in [0.2, 0.25) is 0 Å². The Bertz CT molecular complexity index is 1170. The van der Waals surface area contributed by atoms with Crippen LogP contribution >= 0.6 is 11.3 Å². The first-order chi connectivity index (χ1) is 13.7. The Morgan fingerprint density at radius 1 is 1.11 bits per heavy atom. The van der Waals surface area contributed by atoms with Crippen LogP contribution in [0.4, 0.5) is 11.6 Å². The third-order valence-corrected chi connectivity index (χ3v) is 6.01. The molecule has 0 saturated heterocycles. The molecule has 0 radical (unpaired) electrons. The number of aromatic nitrogens is 4. The highest BCUT2D eigenvalue weighted by Crippen LogP contribution is 2.31. The lowest BCUT2D eigenvalue weighted by Gasteiger charge is -2.24. The molecule has 0 spiro atoms. The monoisotopic (exact) mass is 388 g/mol. The van der Waals surface area contributed by atoms with Crippen molar-refractivity contribution in [2.45, 2.75) is 19.9 Å². The van der Waals surface area contributed by atoms with Crippen molar-refractivity contribution in [2.75, 3.05) is 18.9 Å². The number of rotatable bonds is 3. The number of anilines is 2. The van der Waals surface area contributed by atoms with Gasteiger partial charge in [0.1, 0.15) is 22.3 Å². The molecule has 140 valence electrons. The average Bonchev–Trinajstić information content (AvgIpc) is 3.11. The van der Waals surface area contributed by atoms with E-state index in [0.29, 0.717) is 0 Å². The van der Waals surface area contributed by atoms with Crippen molar-refractivity contribution in [1.82, 2.24) is 24.8 Å². The molecule has 28 heavy (non-hydrogen) atoms. The summed E-state index contributed by atoms with van der Waals surface area (Å²) in [6.45, 7) is 4.02. The molecule has 0 fully saturated rings. The second-order valence-electron chi connectivity index (χ2n) is 7.14. The standard InChI is InChI=1S/C21H20N6S/c1-13-4-3-8-22-20(13)21-25-15-10-19(23-11-17(15)28-21)26-18-6-5-14-7-9-27(2)12-16(14)24-18/h3-6,8,10-11H,7,9,12H2,1-2H3,(H,23,24,26). The van der Waals surface area contributed by atoms with Crippen LogP contribution in [-0.2, 0) is 13.0 Å². The Balaban J connectivity index is 1.44. The van der Waals surface area contributed by atoms with Gasteiger partial charge in [-0.2, -0.15) is 0 Å². The predicted molar refractivity (Wildman–Crippen MR) is 113 cm³/mol. The molecular weight excluding hydrogens is 368 g/mol. The van der Waals surface area contributed by atoms with E-state index in [1.807, 2.05) is 24.4 Å². The normalized spacial score (nSPS) is 14.2. The molecule has 0 amide bonds. The number of hydrogen-bond donors (Lipinski definition) is 1. The van der Waals surface area contributed by atoms with Crippen molar-refractivity contribution in [3.8, 4) is 10.7 Å². The molecule has 1 aliphatic heterocycles. The van der Waals surface area contributed by atoms with Crippen molar-refractivity contribution in [3.63, 3.8) is 0 Å². The number of aryl methyl sites for hydroxylation is 1. The van der Waals surface area contributed by atoms with Crippen LogP contribution in [0.15, 0.2) is 42.7 Å². The fourth-order valence-corrected chi connectivity index (χ4v) is 4.43. The molecule has 7 heteroatoms. The zero-order valence-electron chi connectivity index (χ0n) is 15.8. The van der Waals surface area contributed by atoms with E-state index in [9.17, 15) is 0 Å². The number of fused-ring (bicyclic) bond motifs is 2. The lowest BCUT2D eigenvalue weighted by molar-refractivity contribution is 0.308. The average molecular weight is 389 g/mol. The lowest BCUT2D eigenvalue weighted by Crippen LogP contribution is -2.27. The zero-order chi connectivity index (χ0) is 19.1. The molecule has 5 heterocycles. The molecule has 4 aromatic heterocycles. The van der Waals surface area contributed by atoms with Crippen molar-refractivity contribution in [2.24, 2.45) is 0 Å². The lowest BCUT2D eigenvalue weighted by atomic mass is 10.1. The van der Waals surface area contributed by atoms with E-state index in [2.05, 4.69) is 46.3 Å². The van der Waals surface area contributed by atoms with Crippen LogP contribution in [0.25, 0.3) is 20.9 Å². The molecule has 4 aromatic rings. The summed E-state index contributed by atoms with van der Waals surface area (Å²) in [6, 6.07) is 10.2. The summed E-state index contributed by atoms with van der Waals surface area (Å²) >= 11 is 1.61. The fourth-order valence-electron chi connectivity index (χ4n) is 3.46. The second kappa shape index (κ2) is 6.92. The number of nitrogens with zero attached hydrogens (tertiary/aromatic N) is 5. The fraction of sp³-hybridized carbons (Fsp3) is 0.238. The number of likely N-dealkylation sites (N-methyl/N-ethyl adjacent to an activating group) is 1. The van der Waals surface area contributed by atoms with E-state index < -0.39 is 0 Å². The van der Waals surface area contributed by atoms with Crippen molar-refractivity contribution < 1.29 is 0 Å². The molecule has 0 bridgehead atoms. The Kier molecular flexibility index (Phi) is 4.26. The van der Waals surface area contributed by atoms with Crippen molar-refractivity contribution >= 4 is 33.2 Å². The van der Waals surface area contributed by atoms with Crippen LogP contribution in [0.5, 0.6) is 0 Å². The van der Waals surface area contributed by atoms with E-state index in [-0.39, 0.29) is 0 Å². The molecule has 6 nitrogen and oxygen atoms in total. The second-order valence-corrected chi connectivity index (χ2v) is 8.17. The van der Waals surface area contributed by atoms with E-state index >= 15 is 0 Å². The van der Waals surface area contributed by atoms with Crippen molar-refractivity contribution in [3.05, 3.63) is 59.5 Å². The SMILES string of the molecule is Cc1cccnc1-c1nc2cc(Nc3ccc4c(n3)CN(C)CC4)ncc2s1. The van der Waals surface area contributed by atoms with Gasteiger partial charge in [-0.15, -0.1) is 11.3 Å². The van der Waals surface area contributed by atoms with Gasteiger partial charge in [-0.25, -0.2) is 15.0 Å². The van der Waals surface area contributed by atoms with Crippen molar-refractivity contribution in [1.29, 1.82) is 0 Å². The van der Waals surface area contributed by atoms with E-state index in [4.69, 9.17) is 9.97 Å². The topological polar surface area (TPSA) is 66.8 Å². The van der Waals surface area contributed by atoms with Gasteiger partial charge in [0, 0.05) is 31.5 Å². The first-order valence-electron chi connectivity index (χ1n) is 9.29. The molecule has 0 unspecified atom stereocenters. The Morgan fingerprint density at radius 3 is 2.93 bits per heavy atom. The molecule has 1 aliphatic rings. The van der Waals surface area contributed by atoms with Gasteiger partial charge in [0.15, 0.2) is 0 Å². The largest absolute Gasteiger partial charge is 0.325 e. The summed E-state index contributed by atoms with van der Waals surface area (Å²) in [6.07, 6.45) is 4.72. The molecule has 1 N–H and O–H groups in total. The molecule has 0 atom stereocenters. The summed E-state index contributed by atoms with van der Waals surface area (Å²) in [5.41, 5.74) is 5.44. The highest BCUT2D eigenvalue weighted by molar-refractivity contribution is 7.21. The van der Waals surface area contributed by atoms with E-state index in [1.54, 1.807) is 17.5 Å². The summed E-state index contributed by atoms with van der Waals surface area (Å²) in [4.78, 5) is 20.9. The van der Waals surface area contributed by atoms with Gasteiger partial charge in [0.25, 0.3) is 0 Å². The first kappa shape index (κ1) is 17.2. The van der Waals surface area contributed by atoms with Gasteiger partial charge in [-0.3, -0.25) is 4.98 Å². The summed E-state index contributed by atoms with van der Waals surface area (Å²) in [5, 5.41) is 4.25. The quantitative estimate of drug-likeness (QED) is 0.568. The van der Waals surface area contributed by atoms with E-state index in [0.717, 1.165) is 63.3 Å². The molecular formula is C21H20N6S. The minimum absolute atomic E-state index is 0.749. The molecule has 5 rings (SSSR count). The van der Waals surface area contributed by atoms with E-state index in [1.165, 1.54) is 5.56 Å². The van der Waals surface area contributed by atoms with Gasteiger partial charge in [0.2, 0.25) is 0 Å². The van der Waals surface area contributed by atoms with Crippen LogP contribution < -0.4 is 5.32 Å². The first-order valence-corrected chi connectivity index (χ1v) is 10.1. The van der Waals surface area contributed by atoms with Gasteiger partial charge in [-0.1, -0.05) is 12.1 Å². The van der Waals surface area contributed by atoms with Crippen LogP contribution in [0.1, 0.15) is 16.8 Å². The Labute approximate surface area is 167 Å². The highest BCUT2D eigenvalue weighted by atomic mass is 32.1. The smallest absolute Gasteiger partial charge is 0.143 e. The van der Waals surface area contributed by atoms with Gasteiger partial charge in [-0.05, 0) is 43.7 Å². The van der Waals surface area contributed by atoms with Crippen LogP contribution in [0.3, 0.4) is 0 Å². The van der Waals surface area contributed by atoms with Gasteiger partial charge >= 0.3 is 0 Å². The molecule has 0 aromatic carbocycles. The van der Waals surface area contributed by atoms with Gasteiger partial charge < -0.3 is 10.2 Å². The van der Waals surface area contributed by atoms with Gasteiger partial charge in [0.05, 0.1) is 15.9 Å². The summed E-state index contributed by atoms with van der Waals surface area (Å²) in [5.74, 6) is 1.57.